The van der Waals surface area contributed by atoms with Crippen molar-refractivity contribution < 1.29 is 9.90 Å². The molecule has 0 aliphatic carbocycles. The van der Waals surface area contributed by atoms with Gasteiger partial charge in [-0.05, 0) is 50.6 Å². The molecule has 1 aromatic carbocycles. The first kappa shape index (κ1) is 14.6. The van der Waals surface area contributed by atoms with Crippen molar-refractivity contribution >= 4 is 29.2 Å². The molecule has 104 valence electrons. The Morgan fingerprint density at radius 3 is 2.53 bits per heavy atom. The second-order valence-electron chi connectivity index (χ2n) is 5.38. The van der Waals surface area contributed by atoms with Crippen LogP contribution in [0.15, 0.2) is 18.2 Å². The molecule has 3 nitrogen and oxygen atoms in total. The lowest BCUT2D eigenvalue weighted by atomic mass is 9.80. The smallest absolute Gasteiger partial charge is 0.309 e. The van der Waals surface area contributed by atoms with Crippen LogP contribution >= 0.6 is 23.2 Å². The van der Waals surface area contributed by atoms with Crippen LogP contribution in [-0.2, 0) is 11.3 Å². The Morgan fingerprint density at radius 2 is 2.00 bits per heavy atom. The third-order valence-electron chi connectivity index (χ3n) is 3.88. The highest BCUT2D eigenvalue weighted by Gasteiger charge is 2.36. The summed E-state index contributed by atoms with van der Waals surface area (Å²) in [5.41, 5.74) is 0.449. The van der Waals surface area contributed by atoms with Crippen LogP contribution in [0.5, 0.6) is 0 Å². The maximum atomic E-state index is 11.2. The van der Waals surface area contributed by atoms with Crippen molar-refractivity contribution in [1.29, 1.82) is 0 Å². The zero-order valence-corrected chi connectivity index (χ0v) is 12.3. The Bertz CT molecular complexity index is 482. The van der Waals surface area contributed by atoms with Gasteiger partial charge in [-0.3, -0.25) is 9.69 Å². The SMILES string of the molecule is CC1(C(=O)O)CCN(Cc2ccc(Cl)cc2Cl)CC1. The fraction of sp³-hybridized carbons (Fsp3) is 0.500. The van der Waals surface area contributed by atoms with E-state index in [1.807, 2.05) is 19.1 Å². The van der Waals surface area contributed by atoms with E-state index in [0.717, 1.165) is 25.2 Å². The van der Waals surface area contributed by atoms with E-state index in [4.69, 9.17) is 23.2 Å². The summed E-state index contributed by atoms with van der Waals surface area (Å²) < 4.78 is 0. The van der Waals surface area contributed by atoms with Crippen molar-refractivity contribution in [2.75, 3.05) is 13.1 Å². The molecule has 0 unspecified atom stereocenters. The highest BCUT2D eigenvalue weighted by Crippen LogP contribution is 2.32. The van der Waals surface area contributed by atoms with Gasteiger partial charge in [0.2, 0.25) is 0 Å². The molecule has 5 heteroatoms. The Hall–Kier alpha value is -0.770. The monoisotopic (exact) mass is 301 g/mol. The van der Waals surface area contributed by atoms with Crippen LogP contribution in [0.4, 0.5) is 0 Å². The summed E-state index contributed by atoms with van der Waals surface area (Å²) in [5, 5.41) is 10.5. The summed E-state index contributed by atoms with van der Waals surface area (Å²) in [7, 11) is 0. The Labute approximate surface area is 123 Å². The molecule has 1 heterocycles. The van der Waals surface area contributed by atoms with Gasteiger partial charge in [0.15, 0.2) is 0 Å². The van der Waals surface area contributed by atoms with Gasteiger partial charge in [0, 0.05) is 16.6 Å². The van der Waals surface area contributed by atoms with Crippen molar-refractivity contribution in [2.45, 2.75) is 26.3 Å². The van der Waals surface area contributed by atoms with Crippen molar-refractivity contribution in [2.24, 2.45) is 5.41 Å². The van der Waals surface area contributed by atoms with Gasteiger partial charge in [0.1, 0.15) is 0 Å². The van der Waals surface area contributed by atoms with Gasteiger partial charge in [-0.25, -0.2) is 0 Å². The molecular weight excluding hydrogens is 285 g/mol. The molecule has 0 amide bonds. The molecule has 0 bridgehead atoms. The van der Waals surface area contributed by atoms with E-state index in [2.05, 4.69) is 4.90 Å². The number of rotatable bonds is 3. The fourth-order valence-electron chi connectivity index (χ4n) is 2.31. The number of piperidine rings is 1. The number of carbonyl (C=O) groups is 1. The van der Waals surface area contributed by atoms with E-state index in [9.17, 15) is 9.90 Å². The third kappa shape index (κ3) is 3.41. The van der Waals surface area contributed by atoms with Crippen LogP contribution < -0.4 is 0 Å². The second-order valence-corrected chi connectivity index (χ2v) is 6.22. The summed E-state index contributed by atoms with van der Waals surface area (Å²) in [6, 6.07) is 5.49. The molecule has 19 heavy (non-hydrogen) atoms. The molecule has 1 aliphatic rings. The van der Waals surface area contributed by atoms with Crippen LogP contribution in [0.1, 0.15) is 25.3 Å². The van der Waals surface area contributed by atoms with E-state index in [1.165, 1.54) is 0 Å². The van der Waals surface area contributed by atoms with Gasteiger partial charge in [-0.2, -0.15) is 0 Å². The number of carboxylic acids is 1. The van der Waals surface area contributed by atoms with Crippen LogP contribution in [0.25, 0.3) is 0 Å². The predicted molar refractivity (Wildman–Crippen MR) is 76.7 cm³/mol. The number of carboxylic acid groups (broad SMARTS) is 1. The standard InChI is InChI=1S/C14H17Cl2NO2/c1-14(13(18)19)4-6-17(7-5-14)9-10-2-3-11(15)8-12(10)16/h2-3,8H,4-7,9H2,1H3,(H,18,19). The molecule has 1 fully saturated rings. The average Bonchev–Trinajstić information content (AvgIpc) is 2.35. The first-order valence-electron chi connectivity index (χ1n) is 6.30. The molecule has 0 spiro atoms. The highest BCUT2D eigenvalue weighted by atomic mass is 35.5. The lowest BCUT2D eigenvalue weighted by Gasteiger charge is -2.36. The van der Waals surface area contributed by atoms with Crippen LogP contribution in [0.2, 0.25) is 10.0 Å². The topological polar surface area (TPSA) is 40.5 Å². The third-order valence-corrected chi connectivity index (χ3v) is 4.47. The summed E-state index contributed by atoms with van der Waals surface area (Å²) in [4.78, 5) is 13.4. The van der Waals surface area contributed by atoms with E-state index in [-0.39, 0.29) is 0 Å². The lowest BCUT2D eigenvalue weighted by Crippen LogP contribution is -2.42. The predicted octanol–water partition coefficient (Wildman–Crippen LogP) is 3.68. The number of nitrogens with zero attached hydrogens (tertiary/aromatic N) is 1. The molecule has 1 aromatic rings. The number of aliphatic carboxylic acids is 1. The van der Waals surface area contributed by atoms with Crippen LogP contribution in [0.3, 0.4) is 0 Å². The minimum Gasteiger partial charge on any atom is -0.481 e. The van der Waals surface area contributed by atoms with E-state index in [0.29, 0.717) is 22.9 Å². The Morgan fingerprint density at radius 1 is 1.37 bits per heavy atom. The van der Waals surface area contributed by atoms with Gasteiger partial charge in [0.05, 0.1) is 5.41 Å². The first-order valence-corrected chi connectivity index (χ1v) is 7.06. The minimum atomic E-state index is -0.698. The lowest BCUT2D eigenvalue weighted by molar-refractivity contribution is -0.150. The quantitative estimate of drug-likeness (QED) is 0.926. The fourth-order valence-corrected chi connectivity index (χ4v) is 2.78. The van der Waals surface area contributed by atoms with Gasteiger partial charge < -0.3 is 5.11 Å². The van der Waals surface area contributed by atoms with E-state index < -0.39 is 11.4 Å². The van der Waals surface area contributed by atoms with Gasteiger partial charge >= 0.3 is 5.97 Å². The molecule has 2 rings (SSSR count). The highest BCUT2D eigenvalue weighted by molar-refractivity contribution is 6.35. The molecule has 0 atom stereocenters. The zero-order chi connectivity index (χ0) is 14.0. The molecule has 0 saturated carbocycles. The molecule has 1 aliphatic heterocycles. The number of halogens is 2. The maximum absolute atomic E-state index is 11.2. The largest absolute Gasteiger partial charge is 0.481 e. The minimum absolute atomic E-state index is 0.583. The summed E-state index contributed by atoms with van der Waals surface area (Å²) in [6.45, 7) is 4.12. The average molecular weight is 302 g/mol. The van der Waals surface area contributed by atoms with Crippen molar-refractivity contribution in [3.63, 3.8) is 0 Å². The molecule has 0 radical (unpaired) electrons. The summed E-state index contributed by atoms with van der Waals surface area (Å²) >= 11 is 12.0. The van der Waals surface area contributed by atoms with Crippen molar-refractivity contribution in [1.82, 2.24) is 4.90 Å². The molecular formula is C14H17Cl2NO2. The normalized spacial score (nSPS) is 19.3. The Kier molecular flexibility index (Phi) is 4.39. The second kappa shape index (κ2) is 5.70. The number of hydrogen-bond donors (Lipinski definition) is 1. The molecule has 1 saturated heterocycles. The van der Waals surface area contributed by atoms with Gasteiger partial charge in [0.25, 0.3) is 0 Å². The summed E-state index contributed by atoms with van der Waals surface area (Å²) in [6.07, 6.45) is 1.35. The number of hydrogen-bond acceptors (Lipinski definition) is 2. The first-order chi connectivity index (χ1) is 8.90. The zero-order valence-electron chi connectivity index (χ0n) is 10.8. The molecule has 0 aromatic heterocycles. The summed E-state index contributed by atoms with van der Waals surface area (Å²) in [5.74, 6) is -0.698. The van der Waals surface area contributed by atoms with Gasteiger partial charge in [-0.15, -0.1) is 0 Å². The van der Waals surface area contributed by atoms with Crippen LogP contribution in [-0.4, -0.2) is 29.1 Å². The van der Waals surface area contributed by atoms with E-state index >= 15 is 0 Å². The molecule has 1 N–H and O–H groups in total. The Balaban J connectivity index is 1.98. The van der Waals surface area contributed by atoms with Crippen LogP contribution in [0, 0.1) is 5.41 Å². The van der Waals surface area contributed by atoms with Crippen molar-refractivity contribution in [3.05, 3.63) is 33.8 Å². The maximum Gasteiger partial charge on any atom is 0.309 e. The van der Waals surface area contributed by atoms with E-state index in [1.54, 1.807) is 6.07 Å². The van der Waals surface area contributed by atoms with Gasteiger partial charge in [-0.1, -0.05) is 29.3 Å². The number of likely N-dealkylation sites (tertiary alicyclic amines) is 1. The number of benzene rings is 1. The van der Waals surface area contributed by atoms with Crippen molar-refractivity contribution in [3.8, 4) is 0 Å².